The molecular formula is C17H15N3O5S. The molecule has 3 rings (SSSR count). The molecule has 0 N–H and O–H groups in total. The monoisotopic (exact) mass is 373 g/mol. The van der Waals surface area contributed by atoms with Crippen LogP contribution in [0.1, 0.15) is 25.1 Å². The van der Waals surface area contributed by atoms with Crippen LogP contribution in [0.4, 0.5) is 0 Å². The Morgan fingerprint density at radius 2 is 2.08 bits per heavy atom. The fourth-order valence-corrected chi connectivity index (χ4v) is 3.16. The zero-order valence-electron chi connectivity index (χ0n) is 14.3. The van der Waals surface area contributed by atoms with Crippen molar-refractivity contribution in [2.45, 2.75) is 20.8 Å². The summed E-state index contributed by atoms with van der Waals surface area (Å²) in [5.74, 6) is 0.248. The van der Waals surface area contributed by atoms with E-state index in [1.807, 2.05) is 6.92 Å². The maximum atomic E-state index is 12.5. The number of hydrogen-bond acceptors (Lipinski definition) is 8. The molecule has 0 aliphatic heterocycles. The van der Waals surface area contributed by atoms with Gasteiger partial charge in [0.15, 0.2) is 11.5 Å². The molecule has 9 heteroatoms. The highest BCUT2D eigenvalue weighted by atomic mass is 32.1. The van der Waals surface area contributed by atoms with Gasteiger partial charge in [0.2, 0.25) is 4.96 Å². The Labute approximate surface area is 151 Å². The maximum Gasteiger partial charge on any atom is 0.308 e. The maximum absolute atomic E-state index is 12.5. The van der Waals surface area contributed by atoms with E-state index < -0.39 is 11.5 Å². The standard InChI is InChI=1S/C17H15N3O5S/c1-4-24-13-7-11(5-6-12(13)25-10(3)21)8-14-16(23)20-17(26-14)18-15(22)9(2)19-20/h5-8H,4H2,1-3H3/b14-8-. The highest BCUT2D eigenvalue weighted by Crippen LogP contribution is 2.29. The first-order chi connectivity index (χ1) is 12.4. The molecule has 0 aliphatic carbocycles. The summed E-state index contributed by atoms with van der Waals surface area (Å²) < 4.78 is 12.1. The number of aromatic nitrogens is 3. The van der Waals surface area contributed by atoms with Crippen molar-refractivity contribution in [2.75, 3.05) is 6.61 Å². The van der Waals surface area contributed by atoms with E-state index in [0.717, 1.165) is 15.9 Å². The van der Waals surface area contributed by atoms with E-state index in [2.05, 4.69) is 10.1 Å². The Morgan fingerprint density at radius 3 is 2.77 bits per heavy atom. The predicted octanol–water partition coefficient (Wildman–Crippen LogP) is 0.691. The van der Waals surface area contributed by atoms with Crippen molar-refractivity contribution in [3.05, 3.63) is 54.7 Å². The Balaban J connectivity index is 2.12. The van der Waals surface area contributed by atoms with Gasteiger partial charge < -0.3 is 9.47 Å². The number of carbonyl (C=O) groups excluding carboxylic acids is 1. The largest absolute Gasteiger partial charge is 0.490 e. The Hall–Kier alpha value is -3.07. The molecule has 0 unspecified atom stereocenters. The number of aryl methyl sites for hydroxylation is 1. The number of rotatable bonds is 4. The van der Waals surface area contributed by atoms with E-state index in [9.17, 15) is 14.4 Å². The van der Waals surface area contributed by atoms with Gasteiger partial charge in [-0.1, -0.05) is 17.4 Å². The van der Waals surface area contributed by atoms with Crippen LogP contribution in [-0.4, -0.2) is 27.2 Å². The average molecular weight is 373 g/mol. The van der Waals surface area contributed by atoms with Crippen LogP contribution in [0.5, 0.6) is 11.5 Å². The van der Waals surface area contributed by atoms with Crippen LogP contribution in [0, 0.1) is 6.92 Å². The number of nitrogens with zero attached hydrogens (tertiary/aromatic N) is 3. The van der Waals surface area contributed by atoms with Gasteiger partial charge in [-0.3, -0.25) is 14.4 Å². The summed E-state index contributed by atoms with van der Waals surface area (Å²) in [7, 11) is 0. The van der Waals surface area contributed by atoms with Crippen molar-refractivity contribution in [3.63, 3.8) is 0 Å². The highest BCUT2D eigenvalue weighted by Gasteiger charge is 2.10. The minimum absolute atomic E-state index is 0.160. The minimum Gasteiger partial charge on any atom is -0.490 e. The molecule has 134 valence electrons. The van der Waals surface area contributed by atoms with Crippen LogP contribution in [0.3, 0.4) is 0 Å². The third kappa shape index (κ3) is 3.47. The molecule has 26 heavy (non-hydrogen) atoms. The summed E-state index contributed by atoms with van der Waals surface area (Å²) in [4.78, 5) is 39.3. The van der Waals surface area contributed by atoms with Crippen molar-refractivity contribution >= 4 is 28.3 Å². The Bertz CT molecular complexity index is 1170. The second-order valence-corrected chi connectivity index (χ2v) is 6.35. The van der Waals surface area contributed by atoms with E-state index >= 15 is 0 Å². The lowest BCUT2D eigenvalue weighted by atomic mass is 10.2. The van der Waals surface area contributed by atoms with Crippen molar-refractivity contribution in [2.24, 2.45) is 0 Å². The van der Waals surface area contributed by atoms with Gasteiger partial charge in [-0.15, -0.1) is 0 Å². The molecule has 0 saturated carbocycles. The molecule has 0 fully saturated rings. The summed E-state index contributed by atoms with van der Waals surface area (Å²) in [6, 6.07) is 4.96. The molecular weight excluding hydrogens is 358 g/mol. The Morgan fingerprint density at radius 1 is 1.31 bits per heavy atom. The zero-order valence-corrected chi connectivity index (χ0v) is 15.1. The lowest BCUT2D eigenvalue weighted by Crippen LogP contribution is -2.27. The van der Waals surface area contributed by atoms with Crippen LogP contribution in [0.25, 0.3) is 11.0 Å². The molecule has 0 spiro atoms. The number of ether oxygens (including phenoxy) is 2. The third-order valence-electron chi connectivity index (χ3n) is 3.36. The summed E-state index contributed by atoms with van der Waals surface area (Å²) >= 11 is 1.07. The molecule has 0 atom stereocenters. The highest BCUT2D eigenvalue weighted by molar-refractivity contribution is 7.15. The number of fused-ring (bicyclic) bond motifs is 1. The van der Waals surface area contributed by atoms with Crippen molar-refractivity contribution in [3.8, 4) is 11.5 Å². The topological polar surface area (TPSA) is 99.9 Å². The van der Waals surface area contributed by atoms with E-state index in [1.54, 1.807) is 24.3 Å². The zero-order chi connectivity index (χ0) is 18.8. The fraction of sp³-hybridized carbons (Fsp3) is 0.235. The van der Waals surface area contributed by atoms with Gasteiger partial charge in [0.25, 0.3) is 11.1 Å². The van der Waals surface area contributed by atoms with E-state index in [-0.39, 0.29) is 16.2 Å². The van der Waals surface area contributed by atoms with Crippen LogP contribution >= 0.6 is 11.3 Å². The summed E-state index contributed by atoms with van der Waals surface area (Å²) in [6.07, 6.45) is 1.64. The van der Waals surface area contributed by atoms with E-state index in [4.69, 9.17) is 9.47 Å². The van der Waals surface area contributed by atoms with Crippen molar-refractivity contribution < 1.29 is 14.3 Å². The van der Waals surface area contributed by atoms with Crippen LogP contribution in [0.2, 0.25) is 0 Å². The van der Waals surface area contributed by atoms with Crippen LogP contribution < -0.4 is 25.1 Å². The number of benzene rings is 1. The predicted molar refractivity (Wildman–Crippen MR) is 95.8 cm³/mol. The molecule has 2 heterocycles. The number of carbonyl (C=O) groups is 1. The van der Waals surface area contributed by atoms with Gasteiger partial charge in [0.05, 0.1) is 11.1 Å². The summed E-state index contributed by atoms with van der Waals surface area (Å²) in [5.41, 5.74) is 0.0192. The fourth-order valence-electron chi connectivity index (χ4n) is 2.26. The molecule has 0 bridgehead atoms. The van der Waals surface area contributed by atoms with Crippen LogP contribution in [-0.2, 0) is 4.79 Å². The Kier molecular flexibility index (Phi) is 4.81. The molecule has 0 amide bonds. The molecule has 2 aromatic heterocycles. The normalized spacial score (nSPS) is 11.7. The SMILES string of the molecule is CCOc1cc(/C=c2\sc3nc(=O)c(C)nn3c2=O)ccc1OC(C)=O. The van der Waals surface area contributed by atoms with Gasteiger partial charge in [-0.2, -0.15) is 14.6 Å². The van der Waals surface area contributed by atoms with Gasteiger partial charge in [-0.25, -0.2) is 0 Å². The molecule has 0 saturated heterocycles. The first-order valence-corrected chi connectivity index (χ1v) is 8.58. The van der Waals surface area contributed by atoms with Gasteiger partial charge in [0.1, 0.15) is 5.69 Å². The smallest absolute Gasteiger partial charge is 0.308 e. The first kappa shape index (κ1) is 17.7. The van der Waals surface area contributed by atoms with Crippen LogP contribution in [0.15, 0.2) is 27.8 Å². The molecule has 0 radical (unpaired) electrons. The minimum atomic E-state index is -0.456. The van der Waals surface area contributed by atoms with Gasteiger partial charge in [0, 0.05) is 6.92 Å². The summed E-state index contributed by atoms with van der Waals surface area (Å²) in [6.45, 7) is 5.01. The lowest BCUT2D eigenvalue weighted by Gasteiger charge is -2.10. The molecule has 8 nitrogen and oxygen atoms in total. The first-order valence-electron chi connectivity index (χ1n) is 7.76. The molecule has 1 aromatic carbocycles. The molecule has 0 aliphatic rings. The summed E-state index contributed by atoms with van der Waals surface area (Å²) in [5, 5.41) is 3.97. The lowest BCUT2D eigenvalue weighted by molar-refractivity contribution is -0.132. The van der Waals surface area contributed by atoms with Crippen molar-refractivity contribution in [1.29, 1.82) is 0 Å². The van der Waals surface area contributed by atoms with E-state index in [0.29, 0.717) is 28.2 Å². The number of thiazole rings is 1. The van der Waals surface area contributed by atoms with E-state index in [1.165, 1.54) is 13.8 Å². The average Bonchev–Trinajstić information content (AvgIpc) is 2.86. The quantitative estimate of drug-likeness (QED) is 0.490. The van der Waals surface area contributed by atoms with Crippen molar-refractivity contribution in [1.82, 2.24) is 14.6 Å². The molecule has 3 aromatic rings. The number of hydrogen-bond donors (Lipinski definition) is 0. The van der Waals surface area contributed by atoms with Gasteiger partial charge >= 0.3 is 5.97 Å². The second kappa shape index (κ2) is 7.04. The second-order valence-electron chi connectivity index (χ2n) is 5.35. The third-order valence-corrected chi connectivity index (χ3v) is 4.32. The van der Waals surface area contributed by atoms with Gasteiger partial charge in [-0.05, 0) is 37.6 Å². The number of esters is 1.